The minimum atomic E-state index is -0.0806. The number of ether oxygens (including phenoxy) is 1. The molecule has 0 aromatic carbocycles. The van der Waals surface area contributed by atoms with E-state index in [2.05, 4.69) is 4.74 Å². The Hall–Kier alpha value is 0.440. The molecule has 0 aliphatic carbocycles. The second-order valence-corrected chi connectivity index (χ2v) is 11.4. The van der Waals surface area contributed by atoms with E-state index in [0.717, 1.165) is 21.2 Å². The summed E-state index contributed by atoms with van der Waals surface area (Å²) in [6.45, 7) is 0. The van der Waals surface area contributed by atoms with Crippen molar-refractivity contribution in [2.45, 2.75) is 65.0 Å². The Bertz CT molecular complexity index is 522. The van der Waals surface area contributed by atoms with E-state index >= 15 is 0 Å². The van der Waals surface area contributed by atoms with E-state index in [1.165, 1.54) is 53.4 Å². The molecule has 0 saturated carbocycles. The summed E-state index contributed by atoms with van der Waals surface area (Å²) in [4.78, 5) is 11.0. The summed E-state index contributed by atoms with van der Waals surface area (Å²) < 4.78 is 8.61. The van der Waals surface area contributed by atoms with Gasteiger partial charge in [-0.05, 0) is 12.8 Å². The van der Waals surface area contributed by atoms with Crippen molar-refractivity contribution in [1.82, 2.24) is 0 Å². The van der Waals surface area contributed by atoms with Gasteiger partial charge in [0, 0.05) is 17.4 Å². The molecule has 124 valence electrons. The van der Waals surface area contributed by atoms with Crippen LogP contribution in [0.3, 0.4) is 0 Å². The highest BCUT2D eigenvalue weighted by Crippen LogP contribution is 2.48. The van der Waals surface area contributed by atoms with Crippen molar-refractivity contribution < 1.29 is 9.53 Å². The predicted molar refractivity (Wildman–Crippen MR) is 102 cm³/mol. The molecule has 2 heterocycles. The molecule has 0 unspecified atom stereocenters. The van der Waals surface area contributed by atoms with Crippen LogP contribution in [0.15, 0.2) is 8.42 Å². The van der Waals surface area contributed by atoms with Gasteiger partial charge in [0.1, 0.15) is 3.14 Å². The van der Waals surface area contributed by atoms with E-state index in [-0.39, 0.29) is 5.97 Å². The summed E-state index contributed by atoms with van der Waals surface area (Å²) in [7, 11) is 1.46. The molecule has 1 aromatic heterocycles. The lowest BCUT2D eigenvalue weighted by atomic mass is 10.1. The van der Waals surface area contributed by atoms with Crippen molar-refractivity contribution in [2.75, 3.05) is 12.9 Å². The zero-order valence-corrected chi connectivity index (χ0v) is 16.9. The molecule has 0 saturated heterocycles. The summed E-state index contributed by atoms with van der Waals surface area (Å²) in [5.74, 6) is 1.15. The molecular formula is C15H22O2S5. The Balaban J connectivity index is 1.49. The van der Waals surface area contributed by atoms with Gasteiger partial charge < -0.3 is 4.74 Å². The first kappa shape index (κ1) is 18.8. The third-order valence-corrected chi connectivity index (χ3v) is 9.75. The second-order valence-electron chi connectivity index (χ2n) is 5.32. The van der Waals surface area contributed by atoms with Crippen LogP contribution in [0.25, 0.3) is 0 Å². The lowest BCUT2D eigenvalue weighted by Gasteiger charge is -2.20. The largest absolute Gasteiger partial charge is 0.469 e. The quantitative estimate of drug-likeness (QED) is 0.274. The fraction of sp³-hybridized carbons (Fsp3) is 0.733. The SMILES string of the molecule is COC(=O)CCCCCCCC[C@H]1CSc2sc(=S)sc2S1. The number of methoxy groups -OCH3 is 1. The van der Waals surface area contributed by atoms with Crippen LogP contribution >= 0.6 is 58.4 Å². The van der Waals surface area contributed by atoms with Crippen molar-refractivity contribution >= 4 is 64.4 Å². The van der Waals surface area contributed by atoms with Crippen LogP contribution in [0.2, 0.25) is 0 Å². The number of hydrogen-bond acceptors (Lipinski definition) is 7. The van der Waals surface area contributed by atoms with E-state index in [1.54, 1.807) is 22.7 Å². The smallest absolute Gasteiger partial charge is 0.305 e. The zero-order chi connectivity index (χ0) is 15.8. The lowest BCUT2D eigenvalue weighted by molar-refractivity contribution is -0.140. The van der Waals surface area contributed by atoms with Crippen molar-refractivity contribution in [1.29, 1.82) is 0 Å². The fourth-order valence-corrected chi connectivity index (χ4v) is 9.10. The monoisotopic (exact) mass is 394 g/mol. The van der Waals surface area contributed by atoms with Crippen molar-refractivity contribution in [3.05, 3.63) is 3.14 Å². The highest BCUT2D eigenvalue weighted by molar-refractivity contribution is 8.08. The number of thioether (sulfide) groups is 2. The van der Waals surface area contributed by atoms with E-state index in [1.807, 2.05) is 23.5 Å². The van der Waals surface area contributed by atoms with Gasteiger partial charge in [-0.2, -0.15) is 0 Å². The number of rotatable bonds is 9. The first-order chi connectivity index (χ1) is 10.7. The molecule has 1 atom stereocenters. The molecule has 7 heteroatoms. The maximum absolute atomic E-state index is 11.0. The van der Waals surface area contributed by atoms with Crippen LogP contribution < -0.4 is 0 Å². The predicted octanol–water partition coefficient (Wildman–Crippen LogP) is 6.40. The van der Waals surface area contributed by atoms with Crippen LogP contribution in [0.1, 0.15) is 51.4 Å². The van der Waals surface area contributed by atoms with Gasteiger partial charge in [-0.1, -0.05) is 44.3 Å². The van der Waals surface area contributed by atoms with E-state index in [0.29, 0.717) is 6.42 Å². The average molecular weight is 395 g/mol. The number of fused-ring (bicyclic) bond motifs is 1. The fourth-order valence-electron chi connectivity index (χ4n) is 2.36. The van der Waals surface area contributed by atoms with Crippen LogP contribution in [0, 0.1) is 3.14 Å². The number of esters is 1. The van der Waals surface area contributed by atoms with E-state index in [9.17, 15) is 4.79 Å². The highest BCUT2D eigenvalue weighted by atomic mass is 32.2. The highest BCUT2D eigenvalue weighted by Gasteiger charge is 2.21. The summed E-state index contributed by atoms with van der Waals surface area (Å²) in [6.07, 6.45) is 9.15. The van der Waals surface area contributed by atoms with E-state index < -0.39 is 0 Å². The Morgan fingerprint density at radius 3 is 2.59 bits per heavy atom. The first-order valence-corrected chi connectivity index (χ1v) is 11.6. The van der Waals surface area contributed by atoms with Gasteiger partial charge in [-0.25, -0.2) is 0 Å². The minimum Gasteiger partial charge on any atom is -0.469 e. The molecule has 0 fully saturated rings. The summed E-state index contributed by atoms with van der Waals surface area (Å²) in [5, 5.41) is 0.761. The van der Waals surface area contributed by atoms with Gasteiger partial charge in [-0.15, -0.1) is 46.2 Å². The van der Waals surface area contributed by atoms with Crippen LogP contribution in [-0.4, -0.2) is 24.1 Å². The van der Waals surface area contributed by atoms with Gasteiger partial charge in [-0.3, -0.25) is 4.79 Å². The molecule has 1 aromatic rings. The van der Waals surface area contributed by atoms with E-state index in [4.69, 9.17) is 12.2 Å². The first-order valence-electron chi connectivity index (χ1n) is 7.69. The molecule has 0 radical (unpaired) electrons. The number of carbonyl (C=O) groups is 1. The Morgan fingerprint density at radius 2 is 1.82 bits per heavy atom. The summed E-state index contributed by atoms with van der Waals surface area (Å²) in [6, 6.07) is 0. The van der Waals surface area contributed by atoms with Gasteiger partial charge >= 0.3 is 5.97 Å². The maximum atomic E-state index is 11.0. The maximum Gasteiger partial charge on any atom is 0.305 e. The van der Waals surface area contributed by atoms with Gasteiger partial charge in [0.15, 0.2) is 0 Å². The molecule has 22 heavy (non-hydrogen) atoms. The number of hydrogen-bond donors (Lipinski definition) is 0. The molecule has 0 N–H and O–H groups in total. The lowest BCUT2D eigenvalue weighted by Crippen LogP contribution is -2.08. The Labute approximate surface area is 154 Å². The molecule has 1 aliphatic rings. The van der Waals surface area contributed by atoms with Gasteiger partial charge in [0.05, 0.1) is 15.5 Å². The van der Waals surface area contributed by atoms with Crippen molar-refractivity contribution in [2.24, 2.45) is 0 Å². The molecule has 0 spiro atoms. The molecule has 0 bridgehead atoms. The third kappa shape index (κ3) is 6.51. The standard InChI is InChI=1S/C15H22O2S5/c1-17-12(16)9-7-5-3-2-4-6-8-11-10-19-13-14(20-11)22-15(18)21-13/h11H,2-10H2,1H3/t11-/m0/s1. The molecule has 2 nitrogen and oxygen atoms in total. The zero-order valence-electron chi connectivity index (χ0n) is 12.8. The minimum absolute atomic E-state index is 0.0806. The number of carbonyl (C=O) groups excluding carboxylic acids is 1. The van der Waals surface area contributed by atoms with Crippen LogP contribution in [-0.2, 0) is 9.53 Å². The summed E-state index contributed by atoms with van der Waals surface area (Å²) in [5.41, 5.74) is 0. The van der Waals surface area contributed by atoms with Gasteiger partial charge in [0.2, 0.25) is 0 Å². The topological polar surface area (TPSA) is 26.3 Å². The van der Waals surface area contributed by atoms with Crippen LogP contribution in [0.4, 0.5) is 0 Å². The molecule has 1 aliphatic heterocycles. The third-order valence-electron chi connectivity index (χ3n) is 3.58. The summed E-state index contributed by atoms with van der Waals surface area (Å²) >= 11 is 12.9. The normalized spacial score (nSPS) is 17.2. The molecule has 0 amide bonds. The Kier molecular flexibility index (Phi) is 8.82. The van der Waals surface area contributed by atoms with Crippen molar-refractivity contribution in [3.63, 3.8) is 0 Å². The number of unbranched alkanes of at least 4 members (excludes halogenated alkanes) is 5. The molecular weight excluding hydrogens is 372 g/mol. The van der Waals surface area contributed by atoms with Crippen LogP contribution in [0.5, 0.6) is 0 Å². The van der Waals surface area contributed by atoms with Gasteiger partial charge in [0.25, 0.3) is 0 Å². The Morgan fingerprint density at radius 1 is 1.14 bits per heavy atom. The molecule has 2 rings (SSSR count). The average Bonchev–Trinajstić information content (AvgIpc) is 2.88. The second kappa shape index (κ2) is 10.3. The van der Waals surface area contributed by atoms with Crippen molar-refractivity contribution in [3.8, 4) is 0 Å².